The first-order valence-corrected chi connectivity index (χ1v) is 8.91. The number of hydrogen-bond acceptors (Lipinski definition) is 3. The van der Waals surface area contributed by atoms with Gasteiger partial charge < -0.3 is 20.8 Å². The third-order valence-corrected chi connectivity index (χ3v) is 6.07. The van der Waals surface area contributed by atoms with Crippen LogP contribution in [-0.2, 0) is 0 Å². The fraction of sp³-hybridized carbons (Fsp3) is 0.611. The van der Waals surface area contributed by atoms with E-state index in [-0.39, 0.29) is 11.4 Å². The zero-order valence-corrected chi connectivity index (χ0v) is 15.1. The zero-order valence-electron chi connectivity index (χ0n) is 14.4. The molecule has 0 aromatic heterocycles. The molecule has 5 nitrogen and oxygen atoms in total. The summed E-state index contributed by atoms with van der Waals surface area (Å²) in [6, 6.07) is -0.257. The predicted molar refractivity (Wildman–Crippen MR) is 93.9 cm³/mol. The minimum absolute atomic E-state index is 0.257. The van der Waals surface area contributed by atoms with Gasteiger partial charge in [-0.05, 0) is 55.9 Å². The molecule has 0 aromatic carbocycles. The van der Waals surface area contributed by atoms with E-state index in [0.717, 1.165) is 40.7 Å². The largest absolute Gasteiger partial charge is 0.386 e. The summed E-state index contributed by atoms with van der Waals surface area (Å²) in [4.78, 5) is 11.8. The van der Waals surface area contributed by atoms with Crippen molar-refractivity contribution in [1.82, 2.24) is 10.6 Å². The Morgan fingerprint density at radius 1 is 1.38 bits per heavy atom. The SMILES string of the molecule is CC1=C(CNC(=O)NCCCl)C2=C(C)C3(CC3)[C@@](C)(O)C(O)C2=C1. The number of allylic oxidation sites excluding steroid dienone is 2. The molecule has 2 atom stereocenters. The molecule has 0 aliphatic heterocycles. The van der Waals surface area contributed by atoms with Crippen LogP contribution in [0.1, 0.15) is 33.6 Å². The average Bonchev–Trinajstić information content (AvgIpc) is 3.28. The Hall–Kier alpha value is -1.30. The van der Waals surface area contributed by atoms with Gasteiger partial charge in [0.2, 0.25) is 0 Å². The number of rotatable bonds is 4. The lowest BCUT2D eigenvalue weighted by Gasteiger charge is -2.44. The van der Waals surface area contributed by atoms with E-state index in [1.54, 1.807) is 6.92 Å². The maximum absolute atomic E-state index is 11.8. The van der Waals surface area contributed by atoms with E-state index in [2.05, 4.69) is 10.6 Å². The molecule has 0 bridgehead atoms. The molecule has 1 spiro atoms. The normalized spacial score (nSPS) is 30.4. The summed E-state index contributed by atoms with van der Waals surface area (Å²) in [5.74, 6) is 0.370. The molecule has 24 heavy (non-hydrogen) atoms. The molecular formula is C18H25ClN2O3. The van der Waals surface area contributed by atoms with Crippen LogP contribution in [0.4, 0.5) is 4.79 Å². The molecule has 0 radical (unpaired) electrons. The summed E-state index contributed by atoms with van der Waals surface area (Å²) in [7, 11) is 0. The van der Waals surface area contributed by atoms with E-state index in [1.807, 2.05) is 19.9 Å². The number of urea groups is 1. The first-order chi connectivity index (χ1) is 11.3. The molecule has 0 aromatic rings. The van der Waals surface area contributed by atoms with Gasteiger partial charge >= 0.3 is 6.03 Å². The van der Waals surface area contributed by atoms with Crippen LogP contribution in [0.25, 0.3) is 0 Å². The number of nitrogens with one attached hydrogen (secondary N) is 2. The maximum atomic E-state index is 11.8. The third kappa shape index (κ3) is 2.41. The van der Waals surface area contributed by atoms with Gasteiger partial charge in [0.05, 0.1) is 0 Å². The lowest BCUT2D eigenvalue weighted by molar-refractivity contribution is -0.0887. The highest BCUT2D eigenvalue weighted by atomic mass is 35.5. The van der Waals surface area contributed by atoms with Gasteiger partial charge in [-0.2, -0.15) is 0 Å². The maximum Gasteiger partial charge on any atom is 0.315 e. The molecule has 2 amide bonds. The number of alkyl halides is 1. The second kappa shape index (κ2) is 5.90. The molecule has 0 saturated heterocycles. The van der Waals surface area contributed by atoms with Gasteiger partial charge in [0, 0.05) is 24.4 Å². The Labute approximate surface area is 147 Å². The van der Waals surface area contributed by atoms with Crippen LogP contribution in [0, 0.1) is 5.41 Å². The summed E-state index contributed by atoms with van der Waals surface area (Å²) in [5, 5.41) is 27.2. The van der Waals surface area contributed by atoms with Crippen LogP contribution >= 0.6 is 11.6 Å². The van der Waals surface area contributed by atoms with Crippen molar-refractivity contribution in [3.8, 4) is 0 Å². The van der Waals surface area contributed by atoms with Crippen molar-refractivity contribution in [3.63, 3.8) is 0 Å². The smallest absolute Gasteiger partial charge is 0.315 e. The molecule has 132 valence electrons. The fourth-order valence-corrected chi connectivity index (χ4v) is 4.33. The van der Waals surface area contributed by atoms with Crippen LogP contribution in [0.15, 0.2) is 33.9 Å². The third-order valence-electron chi connectivity index (χ3n) is 5.88. The number of fused-ring (bicyclic) bond motifs is 1. The van der Waals surface area contributed by atoms with E-state index < -0.39 is 11.7 Å². The van der Waals surface area contributed by atoms with Crippen LogP contribution in [0.2, 0.25) is 0 Å². The van der Waals surface area contributed by atoms with E-state index in [4.69, 9.17) is 11.6 Å². The summed E-state index contributed by atoms with van der Waals surface area (Å²) in [6.07, 6.45) is 2.79. The number of aliphatic hydroxyl groups excluding tert-OH is 1. The Bertz CT molecular complexity index is 672. The summed E-state index contributed by atoms with van der Waals surface area (Å²) >= 11 is 5.57. The topological polar surface area (TPSA) is 81.6 Å². The molecule has 3 rings (SSSR count). The molecule has 1 saturated carbocycles. The Morgan fingerprint density at radius 3 is 2.62 bits per heavy atom. The first kappa shape index (κ1) is 17.5. The van der Waals surface area contributed by atoms with Crippen molar-refractivity contribution >= 4 is 17.6 Å². The van der Waals surface area contributed by atoms with Crippen molar-refractivity contribution in [2.24, 2.45) is 5.41 Å². The Balaban J connectivity index is 1.87. The molecule has 3 aliphatic carbocycles. The van der Waals surface area contributed by atoms with E-state index in [0.29, 0.717) is 19.0 Å². The van der Waals surface area contributed by atoms with Crippen LogP contribution < -0.4 is 10.6 Å². The van der Waals surface area contributed by atoms with E-state index >= 15 is 0 Å². The average molecular weight is 353 g/mol. The van der Waals surface area contributed by atoms with Crippen molar-refractivity contribution in [2.75, 3.05) is 19.0 Å². The van der Waals surface area contributed by atoms with Crippen molar-refractivity contribution in [3.05, 3.63) is 33.9 Å². The highest BCUT2D eigenvalue weighted by molar-refractivity contribution is 6.18. The molecule has 4 N–H and O–H groups in total. The van der Waals surface area contributed by atoms with Crippen LogP contribution in [-0.4, -0.2) is 46.9 Å². The number of halogens is 1. The molecule has 1 fully saturated rings. The number of hydrogen-bond donors (Lipinski definition) is 4. The van der Waals surface area contributed by atoms with E-state index in [1.165, 1.54) is 0 Å². The highest BCUT2D eigenvalue weighted by Crippen LogP contribution is 2.65. The van der Waals surface area contributed by atoms with Gasteiger partial charge in [-0.25, -0.2) is 4.79 Å². The molecule has 6 heteroatoms. The van der Waals surface area contributed by atoms with Crippen molar-refractivity contribution in [2.45, 2.75) is 45.3 Å². The van der Waals surface area contributed by atoms with Gasteiger partial charge in [0.25, 0.3) is 0 Å². The monoisotopic (exact) mass is 352 g/mol. The Kier molecular flexibility index (Phi) is 4.31. The second-order valence-electron chi connectivity index (χ2n) is 7.19. The number of amides is 2. The standard InChI is InChI=1S/C18H25ClN2O3/c1-10-8-12-14(13(10)9-21-16(23)20-7-6-19)11(2)18(4-5-18)17(3,24)15(12)22/h8,15,22,24H,4-7,9H2,1-3H3,(H2,20,21,23)/t15?,17-/m0/s1. The van der Waals surface area contributed by atoms with Gasteiger partial charge in [0.15, 0.2) is 0 Å². The highest BCUT2D eigenvalue weighted by Gasteiger charge is 2.64. The number of aliphatic hydroxyl groups is 2. The fourth-order valence-electron chi connectivity index (χ4n) is 4.23. The van der Waals surface area contributed by atoms with Gasteiger partial charge in [0.1, 0.15) is 11.7 Å². The molecular weight excluding hydrogens is 328 g/mol. The minimum Gasteiger partial charge on any atom is -0.386 e. The van der Waals surface area contributed by atoms with Gasteiger partial charge in [-0.3, -0.25) is 0 Å². The van der Waals surface area contributed by atoms with Gasteiger partial charge in [-0.15, -0.1) is 11.6 Å². The number of carbonyl (C=O) groups is 1. The van der Waals surface area contributed by atoms with Crippen molar-refractivity contribution in [1.29, 1.82) is 0 Å². The Morgan fingerprint density at radius 2 is 2.04 bits per heavy atom. The molecule has 1 unspecified atom stereocenters. The van der Waals surface area contributed by atoms with Crippen LogP contribution in [0.3, 0.4) is 0 Å². The quantitative estimate of drug-likeness (QED) is 0.584. The number of carbonyl (C=O) groups excluding carboxylic acids is 1. The lowest BCUT2D eigenvalue weighted by Crippen LogP contribution is -2.52. The molecule has 0 heterocycles. The summed E-state index contributed by atoms with van der Waals surface area (Å²) < 4.78 is 0. The summed E-state index contributed by atoms with van der Waals surface area (Å²) in [5.41, 5.74) is 3.46. The van der Waals surface area contributed by atoms with Crippen LogP contribution in [0.5, 0.6) is 0 Å². The lowest BCUT2D eigenvalue weighted by atomic mass is 9.66. The minimum atomic E-state index is -1.15. The van der Waals surface area contributed by atoms with Crippen molar-refractivity contribution < 1.29 is 15.0 Å². The molecule has 3 aliphatic rings. The summed E-state index contributed by atoms with van der Waals surface area (Å²) in [6.45, 7) is 6.55. The predicted octanol–water partition coefficient (Wildman–Crippen LogP) is 2.00. The first-order valence-electron chi connectivity index (χ1n) is 8.38. The second-order valence-corrected chi connectivity index (χ2v) is 7.57. The zero-order chi connectivity index (χ0) is 17.7. The van der Waals surface area contributed by atoms with Gasteiger partial charge in [-0.1, -0.05) is 11.6 Å². The van der Waals surface area contributed by atoms with E-state index in [9.17, 15) is 15.0 Å².